The number of halogens is 1. The number of carbonyl (C=O) groups excluding carboxylic acids is 1. The van der Waals surface area contributed by atoms with E-state index in [0.717, 1.165) is 5.56 Å². The highest BCUT2D eigenvalue weighted by molar-refractivity contribution is 6.30. The maximum atomic E-state index is 11.3. The van der Waals surface area contributed by atoms with Gasteiger partial charge in [0.1, 0.15) is 5.75 Å². The van der Waals surface area contributed by atoms with Gasteiger partial charge in [0.25, 0.3) is 0 Å². The normalized spacial score (nSPS) is 18.6. The molecule has 0 atom stereocenters. The van der Waals surface area contributed by atoms with Crippen LogP contribution in [0, 0.1) is 0 Å². The largest absolute Gasteiger partial charge is 0.426 e. The lowest BCUT2D eigenvalue weighted by atomic mass is 9.79. The predicted molar refractivity (Wildman–Crippen MR) is 54.7 cm³/mol. The molecule has 0 N–H and O–H groups in total. The lowest BCUT2D eigenvalue weighted by Gasteiger charge is -2.30. The molecule has 1 heterocycles. The molecule has 0 radical (unpaired) electrons. The highest BCUT2D eigenvalue weighted by Crippen LogP contribution is 2.39. The third-order valence-corrected chi connectivity index (χ3v) is 2.72. The molecule has 2 nitrogen and oxygen atoms in total. The van der Waals surface area contributed by atoms with Crippen molar-refractivity contribution in [2.45, 2.75) is 25.7 Å². The molecule has 1 aromatic carbocycles. The Labute approximate surface area is 87.8 Å². The van der Waals surface area contributed by atoms with Gasteiger partial charge in [-0.15, -0.1) is 0 Å². The number of carbonyl (C=O) groups is 1. The second kappa shape index (κ2) is 2.99. The monoisotopic (exact) mass is 210 g/mol. The summed E-state index contributed by atoms with van der Waals surface area (Å²) in [6, 6.07) is 5.34. The Balaban J connectivity index is 2.58. The van der Waals surface area contributed by atoms with Gasteiger partial charge in [0, 0.05) is 16.0 Å². The van der Waals surface area contributed by atoms with Crippen molar-refractivity contribution in [3.8, 4) is 5.75 Å². The molecule has 14 heavy (non-hydrogen) atoms. The zero-order chi connectivity index (χ0) is 10.3. The lowest BCUT2D eigenvalue weighted by Crippen LogP contribution is -2.30. The molecular formula is C11H11ClO2. The van der Waals surface area contributed by atoms with E-state index in [4.69, 9.17) is 16.3 Å². The van der Waals surface area contributed by atoms with Crippen LogP contribution in [-0.4, -0.2) is 5.97 Å². The Bertz CT molecular complexity index is 396. The van der Waals surface area contributed by atoms with Crippen LogP contribution in [0.4, 0.5) is 0 Å². The van der Waals surface area contributed by atoms with E-state index in [0.29, 0.717) is 17.2 Å². The van der Waals surface area contributed by atoms with Crippen molar-refractivity contribution in [2.24, 2.45) is 0 Å². The Morgan fingerprint density at radius 3 is 2.86 bits per heavy atom. The van der Waals surface area contributed by atoms with Crippen molar-refractivity contribution in [3.63, 3.8) is 0 Å². The Morgan fingerprint density at radius 2 is 2.14 bits per heavy atom. The van der Waals surface area contributed by atoms with Crippen LogP contribution in [0.1, 0.15) is 25.8 Å². The molecule has 2 rings (SSSR count). The molecule has 0 fully saturated rings. The van der Waals surface area contributed by atoms with Crippen molar-refractivity contribution in [2.75, 3.05) is 0 Å². The highest BCUT2D eigenvalue weighted by Gasteiger charge is 2.33. The third kappa shape index (κ3) is 1.50. The van der Waals surface area contributed by atoms with Crippen molar-refractivity contribution in [1.29, 1.82) is 0 Å². The minimum absolute atomic E-state index is 0.176. The molecule has 1 aliphatic heterocycles. The summed E-state index contributed by atoms with van der Waals surface area (Å²) in [6.45, 7) is 4.03. The van der Waals surface area contributed by atoms with Gasteiger partial charge in [-0.05, 0) is 18.2 Å². The van der Waals surface area contributed by atoms with Crippen molar-refractivity contribution in [3.05, 3.63) is 28.8 Å². The van der Waals surface area contributed by atoms with E-state index >= 15 is 0 Å². The zero-order valence-electron chi connectivity index (χ0n) is 8.13. The van der Waals surface area contributed by atoms with Gasteiger partial charge in [-0.3, -0.25) is 4.79 Å². The van der Waals surface area contributed by atoms with E-state index in [1.807, 2.05) is 19.9 Å². The SMILES string of the molecule is CC1(C)CC(=O)Oc2ccc(Cl)cc21. The van der Waals surface area contributed by atoms with E-state index < -0.39 is 0 Å². The van der Waals surface area contributed by atoms with Crippen LogP contribution in [0.15, 0.2) is 18.2 Å². The molecule has 0 bridgehead atoms. The van der Waals surface area contributed by atoms with E-state index in [-0.39, 0.29) is 11.4 Å². The number of esters is 1. The summed E-state index contributed by atoms with van der Waals surface area (Å²) in [7, 11) is 0. The number of ether oxygens (including phenoxy) is 1. The minimum atomic E-state index is -0.185. The molecule has 1 aliphatic rings. The first-order valence-corrected chi connectivity index (χ1v) is 4.87. The molecule has 0 saturated heterocycles. The molecule has 0 unspecified atom stereocenters. The number of fused-ring (bicyclic) bond motifs is 1. The van der Waals surface area contributed by atoms with Crippen molar-refractivity contribution >= 4 is 17.6 Å². The number of hydrogen-bond acceptors (Lipinski definition) is 2. The van der Waals surface area contributed by atoms with E-state index in [9.17, 15) is 4.79 Å². The Hall–Kier alpha value is -1.02. The average molecular weight is 211 g/mol. The maximum Gasteiger partial charge on any atom is 0.312 e. The van der Waals surface area contributed by atoms with E-state index in [1.54, 1.807) is 12.1 Å². The molecule has 1 aromatic rings. The quantitative estimate of drug-likeness (QED) is 0.486. The van der Waals surface area contributed by atoms with Crippen LogP contribution in [0.25, 0.3) is 0 Å². The first-order valence-electron chi connectivity index (χ1n) is 4.50. The molecular weight excluding hydrogens is 200 g/mol. The summed E-state index contributed by atoms with van der Waals surface area (Å²) in [4.78, 5) is 11.3. The minimum Gasteiger partial charge on any atom is -0.426 e. The summed E-state index contributed by atoms with van der Waals surface area (Å²) in [5.41, 5.74) is 0.819. The Morgan fingerprint density at radius 1 is 1.43 bits per heavy atom. The van der Waals surface area contributed by atoms with Gasteiger partial charge in [-0.1, -0.05) is 25.4 Å². The van der Waals surface area contributed by atoms with Gasteiger partial charge in [-0.2, -0.15) is 0 Å². The van der Waals surface area contributed by atoms with Crippen LogP contribution in [-0.2, 0) is 10.2 Å². The average Bonchev–Trinajstić information content (AvgIpc) is 2.05. The number of benzene rings is 1. The molecule has 74 valence electrons. The van der Waals surface area contributed by atoms with Gasteiger partial charge in [0.2, 0.25) is 0 Å². The standard InChI is InChI=1S/C11H11ClO2/c1-11(2)6-10(13)14-9-4-3-7(12)5-8(9)11/h3-5H,6H2,1-2H3. The fraction of sp³-hybridized carbons (Fsp3) is 0.364. The first kappa shape index (κ1) is 9.53. The first-order chi connectivity index (χ1) is 6.49. The predicted octanol–water partition coefficient (Wildman–Crippen LogP) is 2.93. The van der Waals surface area contributed by atoms with Gasteiger partial charge < -0.3 is 4.74 Å². The highest BCUT2D eigenvalue weighted by atomic mass is 35.5. The van der Waals surface area contributed by atoms with Gasteiger partial charge in [0.15, 0.2) is 0 Å². The van der Waals surface area contributed by atoms with Crippen molar-refractivity contribution < 1.29 is 9.53 Å². The molecule has 0 aliphatic carbocycles. The number of rotatable bonds is 0. The fourth-order valence-corrected chi connectivity index (χ4v) is 1.91. The summed E-state index contributed by atoms with van der Waals surface area (Å²) in [6.07, 6.45) is 0.403. The van der Waals surface area contributed by atoms with Crippen molar-refractivity contribution in [1.82, 2.24) is 0 Å². The van der Waals surface area contributed by atoms with Gasteiger partial charge in [0.05, 0.1) is 6.42 Å². The summed E-state index contributed by atoms with van der Waals surface area (Å²) < 4.78 is 5.12. The molecule has 0 spiro atoms. The van der Waals surface area contributed by atoms with Crippen LogP contribution in [0.5, 0.6) is 5.75 Å². The second-order valence-electron chi connectivity index (χ2n) is 4.18. The Kier molecular flexibility index (Phi) is 2.04. The van der Waals surface area contributed by atoms with Crippen LogP contribution >= 0.6 is 11.6 Å². The molecule has 0 amide bonds. The lowest BCUT2D eigenvalue weighted by molar-refractivity contribution is -0.136. The molecule has 0 saturated carbocycles. The summed E-state index contributed by atoms with van der Waals surface area (Å²) >= 11 is 5.90. The van der Waals surface area contributed by atoms with Crippen LogP contribution in [0.2, 0.25) is 5.02 Å². The number of hydrogen-bond donors (Lipinski definition) is 0. The third-order valence-electron chi connectivity index (χ3n) is 2.48. The smallest absolute Gasteiger partial charge is 0.312 e. The summed E-state index contributed by atoms with van der Waals surface area (Å²) in [5.74, 6) is 0.459. The van der Waals surface area contributed by atoms with Crippen LogP contribution in [0.3, 0.4) is 0 Å². The second-order valence-corrected chi connectivity index (χ2v) is 4.61. The maximum absolute atomic E-state index is 11.3. The van der Waals surface area contributed by atoms with Gasteiger partial charge >= 0.3 is 5.97 Å². The van der Waals surface area contributed by atoms with E-state index in [2.05, 4.69) is 0 Å². The van der Waals surface area contributed by atoms with E-state index in [1.165, 1.54) is 0 Å². The molecule has 3 heteroatoms. The zero-order valence-corrected chi connectivity index (χ0v) is 8.89. The van der Waals surface area contributed by atoms with Crippen LogP contribution < -0.4 is 4.74 Å². The van der Waals surface area contributed by atoms with Gasteiger partial charge in [-0.25, -0.2) is 0 Å². The molecule has 0 aromatic heterocycles. The topological polar surface area (TPSA) is 26.3 Å². The fourth-order valence-electron chi connectivity index (χ4n) is 1.73. The summed E-state index contributed by atoms with van der Waals surface area (Å²) in [5, 5.41) is 0.676.